The third kappa shape index (κ3) is 4.71. The standard InChI is InChI=1S/C20H32N2O2/c1-17(21-16-20(23)10-14-24-15-11-20)18-6-8-19(9-7-18)22-12-4-2-3-5-13-22/h6-9,17,21,23H,2-5,10-16H2,1H3. The molecule has 1 atom stereocenters. The molecule has 24 heavy (non-hydrogen) atoms. The third-order valence-corrected chi connectivity index (χ3v) is 5.53. The van der Waals surface area contributed by atoms with Gasteiger partial charge in [-0.2, -0.15) is 0 Å². The summed E-state index contributed by atoms with van der Waals surface area (Å²) in [6.45, 7) is 6.49. The maximum Gasteiger partial charge on any atom is 0.0815 e. The van der Waals surface area contributed by atoms with E-state index in [9.17, 15) is 5.11 Å². The molecule has 0 bridgehead atoms. The molecular formula is C20H32N2O2. The topological polar surface area (TPSA) is 44.7 Å². The molecular weight excluding hydrogens is 300 g/mol. The van der Waals surface area contributed by atoms with Crippen LogP contribution in [0.4, 0.5) is 5.69 Å². The van der Waals surface area contributed by atoms with Crippen LogP contribution in [0.2, 0.25) is 0 Å². The quantitative estimate of drug-likeness (QED) is 0.869. The Kier molecular flexibility index (Phi) is 6.14. The molecule has 2 N–H and O–H groups in total. The van der Waals surface area contributed by atoms with Crippen molar-refractivity contribution in [3.05, 3.63) is 29.8 Å². The molecule has 0 aliphatic carbocycles. The fourth-order valence-electron chi connectivity index (χ4n) is 3.69. The van der Waals surface area contributed by atoms with E-state index >= 15 is 0 Å². The molecule has 0 saturated carbocycles. The van der Waals surface area contributed by atoms with Crippen LogP contribution < -0.4 is 10.2 Å². The first-order valence-electron chi connectivity index (χ1n) is 9.55. The van der Waals surface area contributed by atoms with Crippen molar-refractivity contribution in [2.75, 3.05) is 37.7 Å². The summed E-state index contributed by atoms with van der Waals surface area (Å²) in [7, 11) is 0. The van der Waals surface area contributed by atoms with E-state index in [-0.39, 0.29) is 6.04 Å². The van der Waals surface area contributed by atoms with Crippen molar-refractivity contribution in [2.45, 2.75) is 57.1 Å². The predicted molar refractivity (Wildman–Crippen MR) is 98.5 cm³/mol. The SMILES string of the molecule is CC(NCC1(O)CCOCC1)c1ccc(N2CCCCCC2)cc1. The van der Waals surface area contributed by atoms with Gasteiger partial charge < -0.3 is 20.1 Å². The van der Waals surface area contributed by atoms with Gasteiger partial charge in [0.05, 0.1) is 5.60 Å². The Hall–Kier alpha value is -1.10. The van der Waals surface area contributed by atoms with E-state index in [2.05, 4.69) is 41.4 Å². The molecule has 0 radical (unpaired) electrons. The summed E-state index contributed by atoms with van der Waals surface area (Å²) in [5.41, 5.74) is 2.01. The van der Waals surface area contributed by atoms with Crippen molar-refractivity contribution in [3.8, 4) is 0 Å². The lowest BCUT2D eigenvalue weighted by Gasteiger charge is -2.33. The summed E-state index contributed by atoms with van der Waals surface area (Å²) in [5, 5.41) is 14.1. The summed E-state index contributed by atoms with van der Waals surface area (Å²) in [5.74, 6) is 0. The smallest absolute Gasteiger partial charge is 0.0815 e. The predicted octanol–water partition coefficient (Wildman–Crippen LogP) is 3.26. The van der Waals surface area contributed by atoms with E-state index in [0.717, 1.165) is 12.8 Å². The van der Waals surface area contributed by atoms with Gasteiger partial charge in [-0.15, -0.1) is 0 Å². The van der Waals surface area contributed by atoms with E-state index in [1.165, 1.54) is 50.0 Å². The van der Waals surface area contributed by atoms with Gasteiger partial charge in [0.15, 0.2) is 0 Å². The van der Waals surface area contributed by atoms with Gasteiger partial charge in [-0.05, 0) is 37.5 Å². The number of anilines is 1. The van der Waals surface area contributed by atoms with Crippen molar-refractivity contribution < 1.29 is 9.84 Å². The summed E-state index contributed by atoms with van der Waals surface area (Å²) in [6, 6.07) is 9.21. The molecule has 0 spiro atoms. The largest absolute Gasteiger partial charge is 0.388 e. The minimum atomic E-state index is -0.613. The lowest BCUT2D eigenvalue weighted by Crippen LogP contribution is -2.45. The molecule has 1 aromatic carbocycles. The van der Waals surface area contributed by atoms with Gasteiger partial charge in [0.2, 0.25) is 0 Å². The van der Waals surface area contributed by atoms with Gasteiger partial charge in [-0.1, -0.05) is 25.0 Å². The Morgan fingerprint density at radius 1 is 1.08 bits per heavy atom. The average molecular weight is 332 g/mol. The minimum absolute atomic E-state index is 0.245. The van der Waals surface area contributed by atoms with E-state index < -0.39 is 5.60 Å². The maximum atomic E-state index is 10.6. The molecule has 4 heteroatoms. The highest BCUT2D eigenvalue weighted by atomic mass is 16.5. The zero-order valence-electron chi connectivity index (χ0n) is 15.0. The first kappa shape index (κ1) is 17.7. The molecule has 0 aromatic heterocycles. The second-order valence-corrected chi connectivity index (χ2v) is 7.43. The molecule has 0 amide bonds. The Morgan fingerprint density at radius 2 is 1.71 bits per heavy atom. The molecule has 1 aromatic rings. The summed E-state index contributed by atoms with van der Waals surface area (Å²) >= 11 is 0. The first-order chi connectivity index (χ1) is 11.7. The van der Waals surface area contributed by atoms with Crippen LogP contribution in [0.5, 0.6) is 0 Å². The van der Waals surface area contributed by atoms with Gasteiger partial charge in [0.25, 0.3) is 0 Å². The van der Waals surface area contributed by atoms with E-state index in [4.69, 9.17) is 4.74 Å². The van der Waals surface area contributed by atoms with Crippen LogP contribution in [0, 0.1) is 0 Å². The number of nitrogens with one attached hydrogen (secondary N) is 1. The van der Waals surface area contributed by atoms with Gasteiger partial charge in [-0.3, -0.25) is 0 Å². The lowest BCUT2D eigenvalue weighted by atomic mass is 9.94. The third-order valence-electron chi connectivity index (χ3n) is 5.53. The molecule has 1 unspecified atom stereocenters. The van der Waals surface area contributed by atoms with Crippen LogP contribution in [-0.2, 0) is 4.74 Å². The molecule has 2 aliphatic rings. The normalized spacial score (nSPS) is 22.8. The maximum absolute atomic E-state index is 10.6. The number of hydrogen-bond donors (Lipinski definition) is 2. The molecule has 2 fully saturated rings. The van der Waals surface area contributed by atoms with Crippen LogP contribution in [-0.4, -0.2) is 43.6 Å². The average Bonchev–Trinajstić information content (AvgIpc) is 2.90. The minimum Gasteiger partial charge on any atom is -0.388 e. The van der Waals surface area contributed by atoms with Crippen molar-refractivity contribution in [1.82, 2.24) is 5.32 Å². The number of rotatable bonds is 5. The van der Waals surface area contributed by atoms with Crippen molar-refractivity contribution in [3.63, 3.8) is 0 Å². The highest BCUT2D eigenvalue weighted by Gasteiger charge is 2.29. The molecule has 4 nitrogen and oxygen atoms in total. The zero-order valence-corrected chi connectivity index (χ0v) is 15.0. The molecule has 3 rings (SSSR count). The zero-order chi connectivity index (χ0) is 16.8. The monoisotopic (exact) mass is 332 g/mol. The molecule has 2 aliphatic heterocycles. The Morgan fingerprint density at radius 3 is 2.33 bits per heavy atom. The Balaban J connectivity index is 1.54. The number of ether oxygens (including phenoxy) is 1. The van der Waals surface area contributed by atoms with Crippen LogP contribution in [0.15, 0.2) is 24.3 Å². The fraction of sp³-hybridized carbons (Fsp3) is 0.700. The number of aliphatic hydroxyl groups is 1. The highest BCUT2D eigenvalue weighted by molar-refractivity contribution is 5.48. The highest BCUT2D eigenvalue weighted by Crippen LogP contribution is 2.24. The first-order valence-corrected chi connectivity index (χ1v) is 9.55. The Labute approximate surface area is 146 Å². The second kappa shape index (κ2) is 8.32. The fourth-order valence-corrected chi connectivity index (χ4v) is 3.69. The molecule has 134 valence electrons. The molecule has 2 heterocycles. The van der Waals surface area contributed by atoms with Crippen molar-refractivity contribution in [1.29, 1.82) is 0 Å². The number of benzene rings is 1. The van der Waals surface area contributed by atoms with Gasteiger partial charge in [0.1, 0.15) is 0 Å². The summed E-state index contributed by atoms with van der Waals surface area (Å²) < 4.78 is 5.34. The van der Waals surface area contributed by atoms with Crippen LogP contribution >= 0.6 is 0 Å². The van der Waals surface area contributed by atoms with Gasteiger partial charge >= 0.3 is 0 Å². The van der Waals surface area contributed by atoms with Crippen molar-refractivity contribution in [2.24, 2.45) is 0 Å². The number of nitrogens with zero attached hydrogens (tertiary/aromatic N) is 1. The van der Waals surface area contributed by atoms with Crippen LogP contribution in [0.1, 0.15) is 57.1 Å². The Bertz CT molecular complexity index is 489. The van der Waals surface area contributed by atoms with E-state index in [1.807, 2.05) is 0 Å². The van der Waals surface area contributed by atoms with Crippen LogP contribution in [0.25, 0.3) is 0 Å². The lowest BCUT2D eigenvalue weighted by molar-refractivity contribution is -0.0626. The molecule has 2 saturated heterocycles. The summed E-state index contributed by atoms with van der Waals surface area (Å²) in [4.78, 5) is 2.51. The van der Waals surface area contributed by atoms with Crippen molar-refractivity contribution >= 4 is 5.69 Å². The van der Waals surface area contributed by atoms with E-state index in [1.54, 1.807) is 0 Å². The van der Waals surface area contributed by atoms with Gasteiger partial charge in [-0.25, -0.2) is 0 Å². The van der Waals surface area contributed by atoms with E-state index in [0.29, 0.717) is 19.8 Å². The van der Waals surface area contributed by atoms with Gasteiger partial charge in [0, 0.05) is 57.4 Å². The van der Waals surface area contributed by atoms with Crippen LogP contribution in [0.3, 0.4) is 0 Å². The second-order valence-electron chi connectivity index (χ2n) is 7.43. The summed E-state index contributed by atoms with van der Waals surface area (Å²) in [6.07, 6.45) is 6.79. The number of hydrogen-bond acceptors (Lipinski definition) is 4.